The zero-order chi connectivity index (χ0) is 20.3. The minimum Gasteiger partial charge on any atom is -0.497 e. The summed E-state index contributed by atoms with van der Waals surface area (Å²) in [5.74, 6) is 2.46. The van der Waals surface area contributed by atoms with Gasteiger partial charge in [0, 0.05) is 38.0 Å². The third-order valence-corrected chi connectivity index (χ3v) is 5.57. The predicted molar refractivity (Wildman–Crippen MR) is 120 cm³/mol. The maximum absolute atomic E-state index is 5.75. The van der Waals surface area contributed by atoms with Crippen LogP contribution < -0.4 is 25.0 Å². The minimum atomic E-state index is 0.558. The van der Waals surface area contributed by atoms with Crippen LogP contribution in [0.15, 0.2) is 34.6 Å². The van der Waals surface area contributed by atoms with Gasteiger partial charge in [0.25, 0.3) is 0 Å². The molecule has 29 heavy (non-hydrogen) atoms. The van der Waals surface area contributed by atoms with Gasteiger partial charge in [-0.1, -0.05) is 0 Å². The van der Waals surface area contributed by atoms with Gasteiger partial charge in [-0.2, -0.15) is 0 Å². The molecule has 1 saturated heterocycles. The van der Waals surface area contributed by atoms with Crippen LogP contribution in [0, 0.1) is 0 Å². The zero-order valence-electron chi connectivity index (χ0n) is 17.3. The van der Waals surface area contributed by atoms with Crippen LogP contribution in [0.25, 0.3) is 0 Å². The molecule has 2 N–H and O–H groups in total. The Morgan fingerprint density at radius 1 is 1.17 bits per heavy atom. The summed E-state index contributed by atoms with van der Waals surface area (Å²) in [6, 6.07) is 7.59. The van der Waals surface area contributed by atoms with Crippen LogP contribution in [-0.4, -0.2) is 57.4 Å². The van der Waals surface area contributed by atoms with E-state index in [0.29, 0.717) is 19.7 Å². The van der Waals surface area contributed by atoms with Crippen LogP contribution >= 0.6 is 11.3 Å². The van der Waals surface area contributed by atoms with Crippen LogP contribution in [0.4, 0.5) is 5.13 Å². The fraction of sp³-hybridized carbons (Fsp3) is 0.524. The first-order chi connectivity index (χ1) is 14.3. The fourth-order valence-corrected chi connectivity index (χ4v) is 4.01. The van der Waals surface area contributed by atoms with E-state index in [1.54, 1.807) is 18.4 Å². The van der Waals surface area contributed by atoms with E-state index in [0.717, 1.165) is 54.3 Å². The molecule has 2 heterocycles. The minimum absolute atomic E-state index is 0.558. The van der Waals surface area contributed by atoms with Crippen molar-refractivity contribution in [3.63, 3.8) is 0 Å². The number of hydrogen-bond donors (Lipinski definition) is 2. The van der Waals surface area contributed by atoms with E-state index in [9.17, 15) is 0 Å². The van der Waals surface area contributed by atoms with E-state index in [1.165, 1.54) is 12.8 Å². The first-order valence-electron chi connectivity index (χ1n) is 10.3. The number of aromatic nitrogens is 1. The predicted octanol–water partition coefficient (Wildman–Crippen LogP) is 2.93. The van der Waals surface area contributed by atoms with Crippen molar-refractivity contribution in [1.29, 1.82) is 0 Å². The molecule has 1 fully saturated rings. The van der Waals surface area contributed by atoms with Gasteiger partial charge in [0.1, 0.15) is 18.1 Å². The highest BCUT2D eigenvalue weighted by molar-refractivity contribution is 7.13. The van der Waals surface area contributed by atoms with Crippen molar-refractivity contribution in [2.24, 2.45) is 4.99 Å². The quantitative estimate of drug-likeness (QED) is 0.352. The molecule has 1 aromatic heterocycles. The van der Waals surface area contributed by atoms with Crippen LogP contribution in [0.3, 0.4) is 0 Å². The van der Waals surface area contributed by atoms with Crippen LogP contribution in [-0.2, 0) is 6.42 Å². The topological polar surface area (TPSA) is 71.0 Å². The number of hydrogen-bond acceptors (Lipinski definition) is 6. The van der Waals surface area contributed by atoms with E-state index in [4.69, 9.17) is 14.5 Å². The molecule has 3 rings (SSSR count). The van der Waals surface area contributed by atoms with Gasteiger partial charge in [0.05, 0.1) is 19.3 Å². The smallest absolute Gasteiger partial charge is 0.191 e. The second kappa shape index (κ2) is 11.5. The average molecular weight is 418 g/mol. The summed E-state index contributed by atoms with van der Waals surface area (Å²) >= 11 is 1.74. The summed E-state index contributed by atoms with van der Waals surface area (Å²) in [5.41, 5.74) is 1.12. The van der Waals surface area contributed by atoms with E-state index in [1.807, 2.05) is 24.3 Å². The molecular formula is C21H31N5O2S. The number of nitrogens with zero attached hydrogens (tertiary/aromatic N) is 3. The number of ether oxygens (including phenoxy) is 2. The number of aliphatic imine (C=N–C) groups is 1. The molecule has 0 radical (unpaired) electrons. The van der Waals surface area contributed by atoms with Crippen molar-refractivity contribution in [2.45, 2.75) is 26.2 Å². The number of anilines is 1. The normalized spacial score (nSPS) is 14.1. The Balaban J connectivity index is 1.39. The van der Waals surface area contributed by atoms with Gasteiger partial charge in [-0.25, -0.2) is 4.98 Å². The van der Waals surface area contributed by atoms with Gasteiger partial charge in [0.2, 0.25) is 0 Å². The summed E-state index contributed by atoms with van der Waals surface area (Å²) in [4.78, 5) is 11.8. The van der Waals surface area contributed by atoms with Crippen molar-refractivity contribution < 1.29 is 9.47 Å². The van der Waals surface area contributed by atoms with E-state index in [2.05, 4.69) is 32.8 Å². The molecule has 7 nitrogen and oxygen atoms in total. The summed E-state index contributed by atoms with van der Waals surface area (Å²) in [6.45, 7) is 7.10. The van der Waals surface area contributed by atoms with E-state index in [-0.39, 0.29) is 0 Å². The summed E-state index contributed by atoms with van der Waals surface area (Å²) in [6.07, 6.45) is 3.40. The molecule has 0 saturated carbocycles. The zero-order valence-corrected chi connectivity index (χ0v) is 18.1. The van der Waals surface area contributed by atoms with E-state index < -0.39 is 0 Å². The molecule has 0 aliphatic carbocycles. The monoisotopic (exact) mass is 417 g/mol. The molecule has 0 atom stereocenters. The third-order valence-electron chi connectivity index (χ3n) is 4.62. The molecule has 0 spiro atoms. The molecule has 1 aromatic carbocycles. The Bertz CT molecular complexity index is 757. The second-order valence-electron chi connectivity index (χ2n) is 6.78. The average Bonchev–Trinajstić information content (AvgIpc) is 3.43. The fourth-order valence-electron chi connectivity index (χ4n) is 3.10. The number of rotatable bonds is 10. The van der Waals surface area contributed by atoms with Gasteiger partial charge in [-0.05, 0) is 44.0 Å². The van der Waals surface area contributed by atoms with E-state index >= 15 is 0 Å². The highest BCUT2D eigenvalue weighted by atomic mass is 32.1. The molecule has 0 bridgehead atoms. The maximum atomic E-state index is 5.75. The lowest BCUT2D eigenvalue weighted by Crippen LogP contribution is -2.39. The number of thiazole rings is 1. The summed E-state index contributed by atoms with van der Waals surface area (Å²) in [7, 11) is 1.66. The van der Waals surface area contributed by atoms with Crippen LogP contribution in [0.2, 0.25) is 0 Å². The highest BCUT2D eigenvalue weighted by Crippen LogP contribution is 2.24. The molecule has 0 unspecified atom stereocenters. The molecular weight excluding hydrogens is 386 g/mol. The SMILES string of the molecule is CCNC(=NCCc1csc(N2CCCC2)n1)NCCOc1ccc(OC)cc1. The van der Waals surface area contributed by atoms with Crippen molar-refractivity contribution in [3.8, 4) is 11.5 Å². The highest BCUT2D eigenvalue weighted by Gasteiger charge is 2.15. The molecule has 1 aliphatic rings. The largest absolute Gasteiger partial charge is 0.497 e. The Hall–Kier alpha value is -2.48. The van der Waals surface area contributed by atoms with Gasteiger partial charge >= 0.3 is 0 Å². The summed E-state index contributed by atoms with van der Waals surface area (Å²) < 4.78 is 10.9. The number of methoxy groups -OCH3 is 1. The first kappa shape index (κ1) is 21.2. The van der Waals surface area contributed by atoms with Crippen molar-refractivity contribution in [1.82, 2.24) is 15.6 Å². The number of guanidine groups is 1. The standard InChI is InChI=1S/C21H31N5O2S/c1-3-22-20(24-12-15-28-19-8-6-18(27-2)7-9-19)23-11-10-17-16-29-21(25-17)26-13-4-5-14-26/h6-9,16H,3-5,10-15H2,1-2H3,(H2,22,23,24). The Kier molecular flexibility index (Phi) is 8.42. The van der Waals surface area contributed by atoms with Gasteiger partial charge in [0.15, 0.2) is 11.1 Å². The first-order valence-corrected chi connectivity index (χ1v) is 11.1. The molecule has 0 amide bonds. The van der Waals surface area contributed by atoms with Crippen molar-refractivity contribution >= 4 is 22.4 Å². The Labute approximate surface area is 177 Å². The van der Waals surface area contributed by atoms with Crippen molar-refractivity contribution in [3.05, 3.63) is 35.3 Å². The van der Waals surface area contributed by atoms with Gasteiger partial charge in [-0.15, -0.1) is 11.3 Å². The Morgan fingerprint density at radius 2 is 1.93 bits per heavy atom. The lowest BCUT2D eigenvalue weighted by Gasteiger charge is -2.12. The number of nitrogens with one attached hydrogen (secondary N) is 2. The number of benzene rings is 1. The van der Waals surface area contributed by atoms with Crippen molar-refractivity contribution in [2.75, 3.05) is 51.3 Å². The molecule has 8 heteroatoms. The lowest BCUT2D eigenvalue weighted by molar-refractivity contribution is 0.321. The van der Waals surface area contributed by atoms with Crippen LogP contribution in [0.5, 0.6) is 11.5 Å². The van der Waals surface area contributed by atoms with Gasteiger partial charge < -0.3 is 25.0 Å². The third kappa shape index (κ3) is 6.81. The molecule has 1 aliphatic heterocycles. The maximum Gasteiger partial charge on any atom is 0.191 e. The van der Waals surface area contributed by atoms with Crippen LogP contribution in [0.1, 0.15) is 25.5 Å². The second-order valence-corrected chi connectivity index (χ2v) is 7.61. The Morgan fingerprint density at radius 3 is 2.66 bits per heavy atom. The lowest BCUT2D eigenvalue weighted by atomic mass is 10.3. The van der Waals surface area contributed by atoms with Gasteiger partial charge in [-0.3, -0.25) is 4.99 Å². The molecule has 2 aromatic rings. The molecule has 158 valence electrons. The summed E-state index contributed by atoms with van der Waals surface area (Å²) in [5, 5.41) is 9.90.